The number of aromatic nitrogens is 3. The first-order valence-corrected chi connectivity index (χ1v) is 9.98. The maximum absolute atomic E-state index is 13.9. The van der Waals surface area contributed by atoms with Gasteiger partial charge in [0.1, 0.15) is 23.2 Å². The first kappa shape index (κ1) is 21.6. The molecule has 3 heterocycles. The fourth-order valence-corrected chi connectivity index (χ4v) is 3.85. The number of benzene rings is 2. The molecule has 12 heteroatoms. The van der Waals surface area contributed by atoms with E-state index in [2.05, 4.69) is 20.6 Å². The number of nitrogens with one attached hydrogen (secondary N) is 2. The summed E-state index contributed by atoms with van der Waals surface area (Å²) in [6.45, 7) is 0.775. The Morgan fingerprint density at radius 3 is 2.56 bits per heavy atom. The largest absolute Gasteiger partial charge is 0.416 e. The Kier molecular flexibility index (Phi) is 5.09. The third-order valence-electron chi connectivity index (χ3n) is 5.39. The number of rotatable bonds is 3. The van der Waals surface area contributed by atoms with Gasteiger partial charge in [0.25, 0.3) is 0 Å². The molecule has 0 aliphatic carbocycles. The Balaban J connectivity index is 1.38. The van der Waals surface area contributed by atoms with E-state index in [1.807, 2.05) is 4.57 Å². The van der Waals surface area contributed by atoms with Crippen LogP contribution >= 0.6 is 0 Å². The average Bonchev–Trinajstić information content (AvgIpc) is 3.37. The molecule has 2 amide bonds. The Morgan fingerprint density at radius 2 is 1.82 bits per heavy atom. The van der Waals surface area contributed by atoms with Gasteiger partial charge in [0.15, 0.2) is 5.82 Å². The second-order valence-corrected chi connectivity index (χ2v) is 7.53. The van der Waals surface area contributed by atoms with Crippen molar-refractivity contribution < 1.29 is 27.1 Å². The standard InChI is InChI=1S/C22H16F4N6O2/c23-15-6-1-11(22(24,25)26)7-16(15)31-21(33)30-12-2-4-13(5-3-12)32-17-9-34-8-14(17)18-19(32)20(27)29-10-28-18/h1-7,10H,8-9H2,(H2,27,28,29)(H2,30,31,33). The first-order valence-electron chi connectivity index (χ1n) is 9.98. The van der Waals surface area contributed by atoms with E-state index in [0.29, 0.717) is 59.6 Å². The molecule has 0 unspecified atom stereocenters. The quantitative estimate of drug-likeness (QED) is 0.370. The van der Waals surface area contributed by atoms with E-state index >= 15 is 0 Å². The van der Waals surface area contributed by atoms with Crippen molar-refractivity contribution in [2.75, 3.05) is 16.4 Å². The van der Waals surface area contributed by atoms with Crippen LogP contribution in [0.5, 0.6) is 0 Å². The Morgan fingerprint density at radius 1 is 1.06 bits per heavy atom. The highest BCUT2D eigenvalue weighted by molar-refractivity contribution is 6.00. The minimum atomic E-state index is -4.67. The lowest BCUT2D eigenvalue weighted by Gasteiger charge is -2.13. The van der Waals surface area contributed by atoms with Crippen molar-refractivity contribution in [3.8, 4) is 5.69 Å². The maximum atomic E-state index is 13.9. The first-order chi connectivity index (χ1) is 16.2. The smallest absolute Gasteiger partial charge is 0.382 e. The zero-order valence-electron chi connectivity index (χ0n) is 17.3. The van der Waals surface area contributed by atoms with Gasteiger partial charge in [-0.2, -0.15) is 13.2 Å². The molecule has 174 valence electrons. The number of nitrogen functional groups attached to an aromatic ring is 1. The van der Waals surface area contributed by atoms with Crippen molar-refractivity contribution in [3.05, 3.63) is 71.4 Å². The van der Waals surface area contributed by atoms with Crippen LogP contribution in [0.15, 0.2) is 48.8 Å². The number of hydrogen-bond donors (Lipinski definition) is 3. The highest BCUT2D eigenvalue weighted by Crippen LogP contribution is 2.35. The molecule has 2 aromatic heterocycles. The lowest BCUT2D eigenvalue weighted by Crippen LogP contribution is -2.20. The minimum absolute atomic E-state index is 0.309. The molecule has 0 atom stereocenters. The molecule has 2 aromatic carbocycles. The lowest BCUT2D eigenvalue weighted by molar-refractivity contribution is -0.137. The Labute approximate surface area is 189 Å². The third kappa shape index (κ3) is 3.77. The monoisotopic (exact) mass is 472 g/mol. The fraction of sp³-hybridized carbons (Fsp3) is 0.136. The molecule has 4 N–H and O–H groups in total. The summed E-state index contributed by atoms with van der Waals surface area (Å²) >= 11 is 0. The number of hydrogen-bond acceptors (Lipinski definition) is 5. The van der Waals surface area contributed by atoms with Crippen molar-refractivity contribution >= 4 is 34.3 Å². The van der Waals surface area contributed by atoms with Gasteiger partial charge in [-0.1, -0.05) is 0 Å². The van der Waals surface area contributed by atoms with E-state index in [1.54, 1.807) is 24.3 Å². The number of carbonyl (C=O) groups excluding carboxylic acids is 1. The van der Waals surface area contributed by atoms with E-state index in [-0.39, 0.29) is 0 Å². The van der Waals surface area contributed by atoms with E-state index < -0.39 is 29.3 Å². The van der Waals surface area contributed by atoms with Gasteiger partial charge >= 0.3 is 12.2 Å². The zero-order valence-corrected chi connectivity index (χ0v) is 17.3. The van der Waals surface area contributed by atoms with Crippen molar-refractivity contribution in [2.45, 2.75) is 19.4 Å². The van der Waals surface area contributed by atoms with Gasteiger partial charge in [-0.3, -0.25) is 0 Å². The summed E-state index contributed by atoms with van der Waals surface area (Å²) in [6.07, 6.45) is -3.28. The number of halogens is 4. The molecule has 1 aliphatic rings. The number of nitrogens with two attached hydrogens (primary N) is 1. The van der Waals surface area contributed by atoms with Gasteiger partial charge in [0.05, 0.1) is 30.2 Å². The summed E-state index contributed by atoms with van der Waals surface area (Å²) in [6, 6.07) is 7.48. The highest BCUT2D eigenvalue weighted by Gasteiger charge is 2.31. The number of fused-ring (bicyclic) bond motifs is 3. The molecule has 4 aromatic rings. The van der Waals surface area contributed by atoms with Crippen LogP contribution in [-0.4, -0.2) is 20.6 Å². The number of urea groups is 1. The summed E-state index contributed by atoms with van der Waals surface area (Å²) in [7, 11) is 0. The molecule has 0 saturated carbocycles. The fourth-order valence-electron chi connectivity index (χ4n) is 3.85. The summed E-state index contributed by atoms with van der Waals surface area (Å²) < 4.78 is 59.9. The van der Waals surface area contributed by atoms with Crippen LogP contribution in [0, 0.1) is 5.82 Å². The molecule has 0 bridgehead atoms. The topological polar surface area (TPSA) is 107 Å². The van der Waals surface area contributed by atoms with Crippen LogP contribution in [0.3, 0.4) is 0 Å². The summed E-state index contributed by atoms with van der Waals surface area (Å²) in [5, 5.41) is 4.57. The van der Waals surface area contributed by atoms with Crippen LogP contribution in [0.2, 0.25) is 0 Å². The predicted molar refractivity (Wildman–Crippen MR) is 116 cm³/mol. The van der Waals surface area contributed by atoms with Crippen molar-refractivity contribution in [3.63, 3.8) is 0 Å². The SMILES string of the molecule is Nc1ncnc2c3c(n(-c4ccc(NC(=O)Nc5cc(C(F)(F)F)ccc5F)cc4)c12)COC3. The van der Waals surface area contributed by atoms with Crippen LogP contribution < -0.4 is 16.4 Å². The van der Waals surface area contributed by atoms with Crippen molar-refractivity contribution in [2.24, 2.45) is 0 Å². The van der Waals surface area contributed by atoms with Crippen LogP contribution in [0.1, 0.15) is 16.8 Å². The van der Waals surface area contributed by atoms with E-state index in [0.717, 1.165) is 11.3 Å². The van der Waals surface area contributed by atoms with E-state index in [1.165, 1.54) is 6.33 Å². The molecule has 0 spiro atoms. The number of amides is 2. The van der Waals surface area contributed by atoms with Gasteiger partial charge < -0.3 is 25.7 Å². The highest BCUT2D eigenvalue weighted by atomic mass is 19.4. The van der Waals surface area contributed by atoms with Gasteiger partial charge in [-0.05, 0) is 42.5 Å². The van der Waals surface area contributed by atoms with E-state index in [4.69, 9.17) is 10.5 Å². The molecule has 8 nitrogen and oxygen atoms in total. The van der Waals surface area contributed by atoms with E-state index in [9.17, 15) is 22.4 Å². The second kappa shape index (κ2) is 7.99. The molecule has 0 radical (unpaired) electrons. The molecule has 5 rings (SSSR count). The number of carbonyl (C=O) groups is 1. The molecule has 0 saturated heterocycles. The average molecular weight is 472 g/mol. The molecule has 0 fully saturated rings. The van der Waals surface area contributed by atoms with Gasteiger partial charge in [0, 0.05) is 16.9 Å². The molecular formula is C22H16F4N6O2. The maximum Gasteiger partial charge on any atom is 0.416 e. The van der Waals surface area contributed by atoms with Crippen LogP contribution in [0.4, 0.5) is 39.5 Å². The Hall–Kier alpha value is -4.19. The van der Waals surface area contributed by atoms with Crippen molar-refractivity contribution in [1.82, 2.24) is 14.5 Å². The van der Waals surface area contributed by atoms with Crippen molar-refractivity contribution in [1.29, 1.82) is 0 Å². The lowest BCUT2D eigenvalue weighted by atomic mass is 10.2. The Bertz CT molecular complexity index is 1420. The number of alkyl halides is 3. The number of nitrogens with zero attached hydrogens (tertiary/aromatic N) is 3. The van der Waals surface area contributed by atoms with Crippen LogP contribution in [0.25, 0.3) is 16.7 Å². The van der Waals surface area contributed by atoms with Gasteiger partial charge in [0.2, 0.25) is 0 Å². The zero-order chi connectivity index (χ0) is 24.0. The third-order valence-corrected chi connectivity index (χ3v) is 5.39. The minimum Gasteiger partial charge on any atom is -0.382 e. The second-order valence-electron chi connectivity index (χ2n) is 7.53. The number of anilines is 3. The summed E-state index contributed by atoms with van der Waals surface area (Å²) in [4.78, 5) is 20.7. The molecular weight excluding hydrogens is 456 g/mol. The predicted octanol–water partition coefficient (Wildman–Crippen LogP) is 4.83. The van der Waals surface area contributed by atoms with Gasteiger partial charge in [-0.25, -0.2) is 19.2 Å². The number of ether oxygens (including phenoxy) is 1. The molecule has 1 aliphatic heterocycles. The molecule has 34 heavy (non-hydrogen) atoms. The van der Waals surface area contributed by atoms with Gasteiger partial charge in [-0.15, -0.1) is 0 Å². The summed E-state index contributed by atoms with van der Waals surface area (Å²) in [5.74, 6) is -0.682. The summed E-state index contributed by atoms with van der Waals surface area (Å²) in [5.41, 5.74) is 8.64. The van der Waals surface area contributed by atoms with Crippen LogP contribution in [-0.2, 0) is 24.1 Å². The normalized spacial score (nSPS) is 13.2.